The van der Waals surface area contributed by atoms with Gasteiger partial charge in [-0.15, -0.1) is 0 Å². The van der Waals surface area contributed by atoms with Crippen molar-refractivity contribution >= 4 is 0 Å². The molecule has 18 heavy (non-hydrogen) atoms. The van der Waals surface area contributed by atoms with E-state index in [9.17, 15) is 0 Å². The molecule has 0 radical (unpaired) electrons. The van der Waals surface area contributed by atoms with E-state index in [0.717, 1.165) is 31.1 Å². The van der Waals surface area contributed by atoms with Gasteiger partial charge < -0.3 is 14.8 Å². The fourth-order valence-corrected chi connectivity index (χ4v) is 2.05. The number of rotatable bonds is 6. The van der Waals surface area contributed by atoms with Gasteiger partial charge in [0.1, 0.15) is 11.9 Å². The minimum atomic E-state index is 0.135. The largest absolute Gasteiger partial charge is 0.488 e. The van der Waals surface area contributed by atoms with Crippen molar-refractivity contribution < 1.29 is 9.47 Å². The summed E-state index contributed by atoms with van der Waals surface area (Å²) in [6.07, 6.45) is 4.65. The van der Waals surface area contributed by atoms with E-state index in [2.05, 4.69) is 17.2 Å². The zero-order valence-corrected chi connectivity index (χ0v) is 11.2. The van der Waals surface area contributed by atoms with Gasteiger partial charge in [0.25, 0.3) is 0 Å². The van der Waals surface area contributed by atoms with Crippen LogP contribution in [0.1, 0.15) is 25.5 Å². The van der Waals surface area contributed by atoms with Gasteiger partial charge in [0.05, 0.1) is 12.3 Å². The quantitative estimate of drug-likeness (QED) is 0.837. The summed E-state index contributed by atoms with van der Waals surface area (Å²) in [5.74, 6) is 0.826. The molecular formula is C14H22N2O2. The van der Waals surface area contributed by atoms with Gasteiger partial charge in [0, 0.05) is 25.4 Å². The van der Waals surface area contributed by atoms with Gasteiger partial charge in [-0.1, -0.05) is 0 Å². The molecule has 2 rings (SSSR count). The third-order valence-corrected chi connectivity index (χ3v) is 3.05. The SMILES string of the molecule is Cc1ccc(OC(C)CNCC2CCCO2)cn1. The first kappa shape index (κ1) is 13.3. The minimum absolute atomic E-state index is 0.135. The van der Waals surface area contributed by atoms with Gasteiger partial charge in [-0.3, -0.25) is 4.98 Å². The molecule has 0 aliphatic carbocycles. The molecule has 1 N–H and O–H groups in total. The summed E-state index contributed by atoms with van der Waals surface area (Å²) >= 11 is 0. The van der Waals surface area contributed by atoms with E-state index in [1.807, 2.05) is 19.1 Å². The van der Waals surface area contributed by atoms with Crippen LogP contribution in [0, 0.1) is 6.92 Å². The Kier molecular flexibility index (Phi) is 4.96. The number of ether oxygens (including phenoxy) is 2. The van der Waals surface area contributed by atoms with Gasteiger partial charge >= 0.3 is 0 Å². The third kappa shape index (κ3) is 4.27. The lowest BCUT2D eigenvalue weighted by Crippen LogP contribution is -2.34. The predicted octanol–water partition coefficient (Wildman–Crippen LogP) is 1.93. The first-order chi connectivity index (χ1) is 8.74. The van der Waals surface area contributed by atoms with Crippen LogP contribution in [0.15, 0.2) is 18.3 Å². The van der Waals surface area contributed by atoms with Gasteiger partial charge in [-0.2, -0.15) is 0 Å². The van der Waals surface area contributed by atoms with Crippen LogP contribution in [-0.4, -0.2) is 36.9 Å². The Morgan fingerprint density at radius 2 is 2.44 bits per heavy atom. The summed E-state index contributed by atoms with van der Waals surface area (Å²) < 4.78 is 11.3. The second-order valence-electron chi connectivity index (χ2n) is 4.86. The molecule has 1 aliphatic rings. The molecule has 1 aliphatic heterocycles. The molecule has 0 amide bonds. The number of pyridine rings is 1. The maximum absolute atomic E-state index is 5.77. The molecule has 0 saturated carbocycles. The van der Waals surface area contributed by atoms with Crippen LogP contribution in [0.4, 0.5) is 0 Å². The molecule has 0 spiro atoms. The van der Waals surface area contributed by atoms with Crippen molar-refractivity contribution in [3.8, 4) is 5.75 Å². The van der Waals surface area contributed by atoms with Crippen LogP contribution >= 0.6 is 0 Å². The molecule has 2 unspecified atom stereocenters. The molecule has 0 aromatic carbocycles. The molecule has 1 aromatic rings. The predicted molar refractivity (Wildman–Crippen MR) is 70.9 cm³/mol. The average Bonchev–Trinajstić information content (AvgIpc) is 2.85. The Morgan fingerprint density at radius 1 is 1.56 bits per heavy atom. The van der Waals surface area contributed by atoms with Crippen molar-refractivity contribution in [1.29, 1.82) is 0 Å². The smallest absolute Gasteiger partial charge is 0.138 e. The molecular weight excluding hydrogens is 228 g/mol. The van der Waals surface area contributed by atoms with E-state index in [4.69, 9.17) is 9.47 Å². The van der Waals surface area contributed by atoms with Crippen LogP contribution in [0.25, 0.3) is 0 Å². The lowest BCUT2D eigenvalue weighted by atomic mass is 10.2. The van der Waals surface area contributed by atoms with Crippen LogP contribution < -0.4 is 10.1 Å². The van der Waals surface area contributed by atoms with Gasteiger partial charge in [-0.05, 0) is 38.8 Å². The molecule has 0 bridgehead atoms. The monoisotopic (exact) mass is 250 g/mol. The highest BCUT2D eigenvalue weighted by Crippen LogP contribution is 2.12. The van der Waals surface area contributed by atoms with Gasteiger partial charge in [0.2, 0.25) is 0 Å². The van der Waals surface area contributed by atoms with Crippen molar-refractivity contribution in [3.63, 3.8) is 0 Å². The molecule has 1 saturated heterocycles. The van der Waals surface area contributed by atoms with Crippen molar-refractivity contribution in [2.45, 2.75) is 38.9 Å². The number of nitrogens with zero attached hydrogens (tertiary/aromatic N) is 1. The number of aromatic nitrogens is 1. The minimum Gasteiger partial charge on any atom is -0.488 e. The Labute approximate surface area is 109 Å². The Bertz CT molecular complexity index is 347. The molecule has 1 fully saturated rings. The first-order valence-corrected chi connectivity index (χ1v) is 6.65. The molecule has 2 heterocycles. The molecule has 2 atom stereocenters. The van der Waals surface area contributed by atoms with Crippen molar-refractivity contribution in [2.75, 3.05) is 19.7 Å². The first-order valence-electron chi connectivity index (χ1n) is 6.65. The summed E-state index contributed by atoms with van der Waals surface area (Å²) in [6.45, 7) is 6.68. The highest BCUT2D eigenvalue weighted by molar-refractivity contribution is 5.19. The normalized spacial score (nSPS) is 20.9. The lowest BCUT2D eigenvalue weighted by molar-refractivity contribution is 0.106. The number of hydrogen-bond donors (Lipinski definition) is 1. The van der Waals surface area contributed by atoms with Gasteiger partial charge in [-0.25, -0.2) is 0 Å². The highest BCUT2D eigenvalue weighted by Gasteiger charge is 2.15. The standard InChI is InChI=1S/C14H22N2O2/c1-11-5-6-14(10-16-11)18-12(2)8-15-9-13-4-3-7-17-13/h5-6,10,12-13,15H,3-4,7-9H2,1-2H3. The van der Waals surface area contributed by atoms with E-state index < -0.39 is 0 Å². The maximum atomic E-state index is 5.77. The number of nitrogens with one attached hydrogen (secondary N) is 1. The molecule has 1 aromatic heterocycles. The second kappa shape index (κ2) is 6.71. The third-order valence-electron chi connectivity index (χ3n) is 3.05. The topological polar surface area (TPSA) is 43.4 Å². The van der Waals surface area contributed by atoms with Crippen LogP contribution in [0.5, 0.6) is 5.75 Å². The van der Waals surface area contributed by atoms with Crippen molar-refractivity contribution in [2.24, 2.45) is 0 Å². The highest BCUT2D eigenvalue weighted by atomic mass is 16.5. The molecule has 4 heteroatoms. The Hall–Kier alpha value is -1.13. The Morgan fingerprint density at radius 3 is 3.11 bits per heavy atom. The summed E-state index contributed by atoms with van der Waals surface area (Å²) in [7, 11) is 0. The van der Waals surface area contributed by atoms with E-state index in [0.29, 0.717) is 6.10 Å². The number of hydrogen-bond acceptors (Lipinski definition) is 4. The molecule has 100 valence electrons. The van der Waals surface area contributed by atoms with E-state index >= 15 is 0 Å². The summed E-state index contributed by atoms with van der Waals surface area (Å²) in [5.41, 5.74) is 1.01. The average molecular weight is 250 g/mol. The fraction of sp³-hybridized carbons (Fsp3) is 0.643. The fourth-order valence-electron chi connectivity index (χ4n) is 2.05. The van der Waals surface area contributed by atoms with E-state index in [1.165, 1.54) is 12.8 Å². The number of aryl methyl sites for hydroxylation is 1. The second-order valence-corrected chi connectivity index (χ2v) is 4.86. The van der Waals surface area contributed by atoms with Crippen molar-refractivity contribution in [3.05, 3.63) is 24.0 Å². The summed E-state index contributed by atoms with van der Waals surface area (Å²) in [4.78, 5) is 4.21. The van der Waals surface area contributed by atoms with E-state index in [-0.39, 0.29) is 6.10 Å². The Balaban J connectivity index is 1.65. The zero-order chi connectivity index (χ0) is 12.8. The van der Waals surface area contributed by atoms with Crippen LogP contribution in [0.3, 0.4) is 0 Å². The van der Waals surface area contributed by atoms with Crippen LogP contribution in [0.2, 0.25) is 0 Å². The lowest BCUT2D eigenvalue weighted by Gasteiger charge is -2.17. The van der Waals surface area contributed by atoms with Crippen molar-refractivity contribution in [1.82, 2.24) is 10.3 Å². The molecule has 4 nitrogen and oxygen atoms in total. The maximum Gasteiger partial charge on any atom is 0.138 e. The zero-order valence-electron chi connectivity index (χ0n) is 11.2. The van der Waals surface area contributed by atoms with Crippen LogP contribution in [-0.2, 0) is 4.74 Å². The van der Waals surface area contributed by atoms with Gasteiger partial charge in [0.15, 0.2) is 0 Å². The summed E-state index contributed by atoms with van der Waals surface area (Å²) in [6, 6.07) is 3.92. The summed E-state index contributed by atoms with van der Waals surface area (Å²) in [5, 5.41) is 3.39. The van der Waals surface area contributed by atoms with E-state index in [1.54, 1.807) is 6.20 Å².